The van der Waals surface area contributed by atoms with Crippen LogP contribution in [0.5, 0.6) is 5.75 Å². The van der Waals surface area contributed by atoms with E-state index in [0.29, 0.717) is 6.42 Å². The summed E-state index contributed by atoms with van der Waals surface area (Å²) in [5, 5.41) is 0. The molecule has 102 valence electrons. The number of benzene rings is 1. The minimum absolute atomic E-state index is 0.0784. The summed E-state index contributed by atoms with van der Waals surface area (Å²) in [6, 6.07) is 3.81. The summed E-state index contributed by atoms with van der Waals surface area (Å²) in [7, 11) is -2.96. The number of sulfone groups is 1. The molecule has 5 heteroatoms. The van der Waals surface area contributed by atoms with Crippen LogP contribution in [0.2, 0.25) is 0 Å². The summed E-state index contributed by atoms with van der Waals surface area (Å²) in [6.45, 7) is 6.04. The van der Waals surface area contributed by atoms with E-state index in [4.69, 9.17) is 4.74 Å². The van der Waals surface area contributed by atoms with Crippen molar-refractivity contribution >= 4 is 25.8 Å². The predicted octanol–water partition coefficient (Wildman–Crippen LogP) is 3.27. The molecule has 1 aromatic rings. The van der Waals surface area contributed by atoms with Gasteiger partial charge in [0.25, 0.3) is 0 Å². The van der Waals surface area contributed by atoms with Crippen molar-refractivity contribution in [1.82, 2.24) is 0 Å². The Kier molecular flexibility index (Phi) is 5.66. The van der Waals surface area contributed by atoms with Gasteiger partial charge in [0.1, 0.15) is 12.4 Å². The van der Waals surface area contributed by atoms with Gasteiger partial charge in [-0.25, -0.2) is 8.42 Å². The van der Waals surface area contributed by atoms with Gasteiger partial charge < -0.3 is 4.74 Å². The second-order valence-corrected chi connectivity index (χ2v) is 7.47. The molecule has 1 rings (SSSR count). The van der Waals surface area contributed by atoms with Crippen LogP contribution in [0.15, 0.2) is 16.6 Å². The number of rotatable bonds is 6. The number of hydrogen-bond donors (Lipinski definition) is 0. The van der Waals surface area contributed by atoms with Crippen molar-refractivity contribution in [2.24, 2.45) is 0 Å². The van der Waals surface area contributed by atoms with Crippen LogP contribution in [0.4, 0.5) is 0 Å². The predicted molar refractivity (Wildman–Crippen MR) is 78.1 cm³/mol. The lowest BCUT2D eigenvalue weighted by Crippen LogP contribution is -2.16. The fourth-order valence-corrected chi connectivity index (χ4v) is 3.08. The van der Waals surface area contributed by atoms with Crippen molar-refractivity contribution in [3.05, 3.63) is 27.7 Å². The molecule has 1 aromatic carbocycles. The third kappa shape index (κ3) is 4.61. The smallest absolute Gasteiger partial charge is 0.153 e. The average Bonchev–Trinajstić information content (AvgIpc) is 2.25. The molecule has 0 aromatic heterocycles. The Hall–Kier alpha value is -0.550. The van der Waals surface area contributed by atoms with E-state index in [0.717, 1.165) is 21.3 Å². The van der Waals surface area contributed by atoms with Gasteiger partial charge in [-0.1, -0.05) is 22.9 Å². The number of ether oxygens (including phenoxy) is 1. The highest BCUT2D eigenvalue weighted by molar-refractivity contribution is 9.10. The minimum atomic E-state index is -2.96. The van der Waals surface area contributed by atoms with Gasteiger partial charge in [0.2, 0.25) is 0 Å². The molecule has 0 saturated carbocycles. The Labute approximate surface area is 118 Å². The van der Waals surface area contributed by atoms with E-state index in [1.165, 1.54) is 0 Å². The fraction of sp³-hybridized carbons (Fsp3) is 0.538. The average molecular weight is 335 g/mol. The van der Waals surface area contributed by atoms with E-state index in [-0.39, 0.29) is 18.1 Å². The van der Waals surface area contributed by atoms with E-state index in [1.54, 1.807) is 0 Å². The molecule has 0 radical (unpaired) electrons. The fourth-order valence-electron chi connectivity index (χ4n) is 1.69. The van der Waals surface area contributed by atoms with Crippen LogP contribution >= 0.6 is 15.9 Å². The first-order valence-electron chi connectivity index (χ1n) is 5.95. The number of hydrogen-bond acceptors (Lipinski definition) is 3. The first-order valence-corrected chi connectivity index (χ1v) is 8.57. The van der Waals surface area contributed by atoms with Crippen LogP contribution in [0.25, 0.3) is 0 Å². The normalized spacial score (nSPS) is 11.6. The van der Waals surface area contributed by atoms with Gasteiger partial charge >= 0.3 is 0 Å². The van der Waals surface area contributed by atoms with Crippen LogP contribution in [-0.4, -0.2) is 26.5 Å². The van der Waals surface area contributed by atoms with Crippen molar-refractivity contribution in [2.75, 3.05) is 18.1 Å². The summed E-state index contributed by atoms with van der Waals surface area (Å²) < 4.78 is 29.6. The van der Waals surface area contributed by atoms with E-state index >= 15 is 0 Å². The maximum atomic E-state index is 11.5. The van der Waals surface area contributed by atoms with Crippen molar-refractivity contribution in [1.29, 1.82) is 0 Å². The largest absolute Gasteiger partial charge is 0.493 e. The molecule has 0 saturated heterocycles. The monoisotopic (exact) mass is 334 g/mol. The quantitative estimate of drug-likeness (QED) is 0.801. The van der Waals surface area contributed by atoms with Crippen LogP contribution in [0.3, 0.4) is 0 Å². The van der Waals surface area contributed by atoms with Crippen molar-refractivity contribution in [3.8, 4) is 5.75 Å². The molecular formula is C13H19BrO3S. The molecule has 0 bridgehead atoms. The lowest BCUT2D eigenvalue weighted by molar-refractivity contribution is 0.340. The third-order valence-corrected chi connectivity index (χ3v) is 5.66. The van der Waals surface area contributed by atoms with E-state index in [2.05, 4.69) is 15.9 Å². The Morgan fingerprint density at radius 2 is 1.72 bits per heavy atom. The topological polar surface area (TPSA) is 43.4 Å². The van der Waals surface area contributed by atoms with Gasteiger partial charge in [0.15, 0.2) is 9.84 Å². The molecule has 18 heavy (non-hydrogen) atoms. The molecule has 0 amide bonds. The third-order valence-electron chi connectivity index (χ3n) is 2.59. The van der Waals surface area contributed by atoms with Gasteiger partial charge in [0.05, 0.1) is 11.5 Å². The van der Waals surface area contributed by atoms with Gasteiger partial charge in [0, 0.05) is 4.47 Å². The lowest BCUT2D eigenvalue weighted by Gasteiger charge is -2.10. The zero-order valence-corrected chi connectivity index (χ0v) is 13.4. The SMILES string of the molecule is CCCS(=O)(=O)CCOc1cc(C)c(Br)c(C)c1. The molecule has 0 aliphatic rings. The molecule has 0 aliphatic carbocycles. The van der Waals surface area contributed by atoms with Gasteiger partial charge in [-0.2, -0.15) is 0 Å². The van der Waals surface area contributed by atoms with Crippen LogP contribution < -0.4 is 4.74 Å². The molecule has 0 atom stereocenters. The molecule has 0 heterocycles. The maximum Gasteiger partial charge on any atom is 0.153 e. The Bertz CT molecular complexity index is 486. The summed E-state index contributed by atoms with van der Waals surface area (Å²) in [4.78, 5) is 0. The minimum Gasteiger partial charge on any atom is -0.493 e. The second-order valence-electron chi connectivity index (χ2n) is 4.37. The Morgan fingerprint density at radius 3 is 2.22 bits per heavy atom. The van der Waals surface area contributed by atoms with Crippen molar-refractivity contribution < 1.29 is 13.2 Å². The zero-order chi connectivity index (χ0) is 13.8. The molecule has 0 fully saturated rings. The molecular weight excluding hydrogens is 316 g/mol. The summed E-state index contributed by atoms with van der Waals surface area (Å²) in [5.41, 5.74) is 2.17. The first kappa shape index (κ1) is 15.5. The molecule has 0 aliphatic heterocycles. The molecule has 3 nitrogen and oxygen atoms in total. The summed E-state index contributed by atoms with van der Waals surface area (Å²) in [6.07, 6.45) is 0.652. The summed E-state index contributed by atoms with van der Waals surface area (Å²) in [5.74, 6) is 1.03. The first-order chi connectivity index (χ1) is 8.35. The van der Waals surface area contributed by atoms with Gasteiger partial charge in [-0.3, -0.25) is 0 Å². The Morgan fingerprint density at radius 1 is 1.17 bits per heavy atom. The standard InChI is InChI=1S/C13H19BrO3S/c1-4-6-18(15,16)7-5-17-12-8-10(2)13(14)11(3)9-12/h8-9H,4-7H2,1-3H3. The Balaban J connectivity index is 2.60. The van der Waals surface area contributed by atoms with E-state index < -0.39 is 9.84 Å². The van der Waals surface area contributed by atoms with Crippen LogP contribution in [0, 0.1) is 13.8 Å². The molecule has 0 N–H and O–H groups in total. The van der Waals surface area contributed by atoms with Gasteiger partial charge in [-0.05, 0) is 43.5 Å². The van der Waals surface area contributed by atoms with Crippen LogP contribution in [0.1, 0.15) is 24.5 Å². The highest BCUT2D eigenvalue weighted by atomic mass is 79.9. The zero-order valence-electron chi connectivity index (χ0n) is 11.0. The van der Waals surface area contributed by atoms with Crippen molar-refractivity contribution in [2.45, 2.75) is 27.2 Å². The number of aryl methyl sites for hydroxylation is 2. The van der Waals surface area contributed by atoms with Crippen LogP contribution in [-0.2, 0) is 9.84 Å². The highest BCUT2D eigenvalue weighted by Crippen LogP contribution is 2.26. The molecule has 0 unspecified atom stereocenters. The lowest BCUT2D eigenvalue weighted by atomic mass is 10.1. The second kappa shape index (κ2) is 6.57. The molecule has 0 spiro atoms. The highest BCUT2D eigenvalue weighted by Gasteiger charge is 2.10. The van der Waals surface area contributed by atoms with E-state index in [1.807, 2.05) is 32.9 Å². The van der Waals surface area contributed by atoms with E-state index in [9.17, 15) is 8.42 Å². The van der Waals surface area contributed by atoms with Crippen molar-refractivity contribution in [3.63, 3.8) is 0 Å². The number of halogens is 1. The summed E-state index contributed by atoms with van der Waals surface area (Å²) >= 11 is 3.48. The maximum absolute atomic E-state index is 11.5. The van der Waals surface area contributed by atoms with Gasteiger partial charge in [-0.15, -0.1) is 0 Å².